The summed E-state index contributed by atoms with van der Waals surface area (Å²) in [6, 6.07) is 16.0. The molecule has 0 saturated carbocycles. The molecule has 104 valence electrons. The lowest BCUT2D eigenvalue weighted by atomic mass is 10.2. The second-order valence-electron chi connectivity index (χ2n) is 4.36. The van der Waals surface area contributed by atoms with Crippen LogP contribution in [0.1, 0.15) is 17.1 Å². The Morgan fingerprint density at radius 3 is 2.67 bits per heavy atom. The number of hydrogen-bond donors (Lipinski definition) is 1. The van der Waals surface area contributed by atoms with Gasteiger partial charge in [0.2, 0.25) is 5.16 Å². The number of hydrogen-bond acceptors (Lipinski definition) is 4. The van der Waals surface area contributed by atoms with E-state index in [1.54, 1.807) is 18.0 Å². The third-order valence-corrected chi connectivity index (χ3v) is 3.67. The minimum Gasteiger partial charge on any atom is -0.260 e. The van der Waals surface area contributed by atoms with Crippen molar-refractivity contribution in [3.63, 3.8) is 0 Å². The lowest BCUT2D eigenvalue weighted by Gasteiger charge is -1.95. The average Bonchev–Trinajstić information content (AvgIpc) is 3.01. The molecule has 0 saturated heterocycles. The van der Waals surface area contributed by atoms with Crippen LogP contribution in [0.15, 0.2) is 59.9 Å². The molecule has 0 bridgehead atoms. The zero-order chi connectivity index (χ0) is 14.3. The van der Waals surface area contributed by atoms with Crippen molar-refractivity contribution in [3.8, 4) is 0 Å². The van der Waals surface area contributed by atoms with Crippen LogP contribution in [0.2, 0.25) is 0 Å². The van der Waals surface area contributed by atoms with Crippen LogP contribution in [0.4, 0.5) is 0 Å². The van der Waals surface area contributed by atoms with E-state index in [0.717, 1.165) is 28.0 Å². The molecule has 0 fully saturated rings. The molecule has 0 aliphatic rings. The van der Waals surface area contributed by atoms with E-state index in [4.69, 9.17) is 0 Å². The average molecular weight is 294 g/mol. The maximum atomic E-state index is 4.42. The first-order valence-corrected chi connectivity index (χ1v) is 7.57. The van der Waals surface area contributed by atoms with Gasteiger partial charge in [-0.25, -0.2) is 4.98 Å². The molecule has 0 aliphatic carbocycles. The molecular weight excluding hydrogens is 280 g/mol. The van der Waals surface area contributed by atoms with E-state index in [2.05, 4.69) is 20.2 Å². The fourth-order valence-corrected chi connectivity index (χ4v) is 2.48. The van der Waals surface area contributed by atoms with Gasteiger partial charge in [0.1, 0.15) is 5.82 Å². The number of aromatic amines is 1. The van der Waals surface area contributed by atoms with Crippen molar-refractivity contribution < 1.29 is 0 Å². The van der Waals surface area contributed by atoms with Gasteiger partial charge in [0.15, 0.2) is 0 Å². The Bertz CT molecular complexity index is 707. The summed E-state index contributed by atoms with van der Waals surface area (Å²) in [5.74, 6) is 1.52. The van der Waals surface area contributed by atoms with Crippen LogP contribution in [0.3, 0.4) is 0 Å². The van der Waals surface area contributed by atoms with Gasteiger partial charge in [-0.15, -0.1) is 5.10 Å². The zero-order valence-corrected chi connectivity index (χ0v) is 12.1. The minimum absolute atomic E-state index is 0.730. The highest BCUT2D eigenvalue weighted by Crippen LogP contribution is 2.17. The van der Waals surface area contributed by atoms with Crippen LogP contribution < -0.4 is 0 Å². The first kappa shape index (κ1) is 13.6. The number of aromatic nitrogens is 4. The summed E-state index contributed by atoms with van der Waals surface area (Å²) in [4.78, 5) is 8.70. The van der Waals surface area contributed by atoms with Crippen molar-refractivity contribution in [2.45, 2.75) is 10.9 Å². The Kier molecular flexibility index (Phi) is 4.43. The van der Waals surface area contributed by atoms with Crippen molar-refractivity contribution >= 4 is 23.9 Å². The van der Waals surface area contributed by atoms with E-state index >= 15 is 0 Å². The number of thioether (sulfide) groups is 1. The van der Waals surface area contributed by atoms with Crippen LogP contribution in [0, 0.1) is 0 Å². The van der Waals surface area contributed by atoms with E-state index in [0.29, 0.717) is 0 Å². The van der Waals surface area contributed by atoms with E-state index < -0.39 is 0 Å². The van der Waals surface area contributed by atoms with E-state index in [1.807, 2.05) is 60.7 Å². The molecule has 4 nitrogen and oxygen atoms in total. The molecule has 0 atom stereocenters. The standard InChI is InChI=1S/C16H14N4S/c1-2-6-13(7-3-1)9-10-15-18-16(20-19-15)21-12-14-8-4-5-11-17-14/h1-11H,12H2,(H,18,19,20). The van der Waals surface area contributed by atoms with E-state index in [-0.39, 0.29) is 0 Å². The summed E-state index contributed by atoms with van der Waals surface area (Å²) in [5.41, 5.74) is 2.16. The molecule has 3 rings (SSSR count). The van der Waals surface area contributed by atoms with Gasteiger partial charge in [0.25, 0.3) is 0 Å². The highest BCUT2D eigenvalue weighted by molar-refractivity contribution is 7.98. The van der Waals surface area contributed by atoms with Crippen molar-refractivity contribution in [2.75, 3.05) is 0 Å². The van der Waals surface area contributed by atoms with Gasteiger partial charge in [-0.1, -0.05) is 54.2 Å². The summed E-state index contributed by atoms with van der Waals surface area (Å²) < 4.78 is 0. The fraction of sp³-hybridized carbons (Fsp3) is 0.0625. The van der Waals surface area contributed by atoms with Gasteiger partial charge in [-0.05, 0) is 23.8 Å². The molecule has 5 heteroatoms. The van der Waals surface area contributed by atoms with Crippen LogP contribution >= 0.6 is 11.8 Å². The van der Waals surface area contributed by atoms with Crippen molar-refractivity contribution in [2.24, 2.45) is 0 Å². The summed E-state index contributed by atoms with van der Waals surface area (Å²) in [7, 11) is 0. The molecule has 3 aromatic rings. The van der Waals surface area contributed by atoms with Gasteiger partial charge >= 0.3 is 0 Å². The van der Waals surface area contributed by atoms with Gasteiger partial charge in [0, 0.05) is 11.9 Å². The zero-order valence-electron chi connectivity index (χ0n) is 11.3. The molecule has 0 amide bonds. The van der Waals surface area contributed by atoms with Gasteiger partial charge in [-0.2, -0.15) is 0 Å². The van der Waals surface area contributed by atoms with Gasteiger partial charge in [-0.3, -0.25) is 10.1 Å². The Labute approximate surface area is 127 Å². The molecule has 2 aromatic heterocycles. The fourth-order valence-electron chi connectivity index (χ4n) is 1.76. The number of H-pyrrole nitrogens is 1. The van der Waals surface area contributed by atoms with Crippen molar-refractivity contribution in [1.29, 1.82) is 0 Å². The number of pyridine rings is 1. The molecule has 0 radical (unpaired) electrons. The first-order chi connectivity index (χ1) is 10.4. The van der Waals surface area contributed by atoms with E-state index in [9.17, 15) is 0 Å². The molecule has 2 heterocycles. The first-order valence-electron chi connectivity index (χ1n) is 6.58. The van der Waals surface area contributed by atoms with Crippen LogP contribution in [-0.4, -0.2) is 20.2 Å². The SMILES string of the molecule is C(=Cc1nc(SCc2ccccn2)n[nH]1)c1ccccc1. The molecule has 0 spiro atoms. The largest absolute Gasteiger partial charge is 0.260 e. The number of nitrogens with one attached hydrogen (secondary N) is 1. The lowest BCUT2D eigenvalue weighted by Crippen LogP contribution is -1.85. The smallest absolute Gasteiger partial charge is 0.209 e. The van der Waals surface area contributed by atoms with Gasteiger partial charge < -0.3 is 0 Å². The molecule has 0 unspecified atom stereocenters. The summed E-state index contributed by atoms with van der Waals surface area (Å²) in [5, 5.41) is 7.84. The molecule has 1 aromatic carbocycles. The molecule has 21 heavy (non-hydrogen) atoms. The van der Waals surface area contributed by atoms with Crippen LogP contribution in [-0.2, 0) is 5.75 Å². The summed E-state index contributed by atoms with van der Waals surface area (Å²) in [6.07, 6.45) is 5.72. The predicted molar refractivity (Wildman–Crippen MR) is 85.6 cm³/mol. The number of nitrogens with zero attached hydrogens (tertiary/aromatic N) is 3. The van der Waals surface area contributed by atoms with Crippen molar-refractivity contribution in [3.05, 3.63) is 71.8 Å². The predicted octanol–water partition coefficient (Wildman–Crippen LogP) is 3.66. The maximum Gasteiger partial charge on any atom is 0.209 e. The Balaban J connectivity index is 1.60. The second-order valence-corrected chi connectivity index (χ2v) is 5.30. The Hall–Kier alpha value is -2.40. The van der Waals surface area contributed by atoms with Crippen molar-refractivity contribution in [1.82, 2.24) is 20.2 Å². The topological polar surface area (TPSA) is 54.5 Å². The molecule has 0 aliphatic heterocycles. The highest BCUT2D eigenvalue weighted by Gasteiger charge is 2.02. The Morgan fingerprint density at radius 1 is 1.00 bits per heavy atom. The number of rotatable bonds is 5. The highest BCUT2D eigenvalue weighted by atomic mass is 32.2. The van der Waals surface area contributed by atoms with Crippen LogP contribution in [0.25, 0.3) is 12.2 Å². The lowest BCUT2D eigenvalue weighted by molar-refractivity contribution is 0.970. The maximum absolute atomic E-state index is 4.42. The third-order valence-electron chi connectivity index (χ3n) is 2.79. The monoisotopic (exact) mass is 294 g/mol. The molecule has 1 N–H and O–H groups in total. The normalized spacial score (nSPS) is 11.0. The Morgan fingerprint density at radius 2 is 1.86 bits per heavy atom. The summed E-state index contributed by atoms with van der Waals surface area (Å²) >= 11 is 1.57. The minimum atomic E-state index is 0.730. The van der Waals surface area contributed by atoms with Crippen LogP contribution in [0.5, 0.6) is 0 Å². The number of benzene rings is 1. The summed E-state index contributed by atoms with van der Waals surface area (Å²) in [6.45, 7) is 0. The van der Waals surface area contributed by atoms with Gasteiger partial charge in [0.05, 0.1) is 5.69 Å². The van der Waals surface area contributed by atoms with E-state index in [1.165, 1.54) is 0 Å². The quantitative estimate of drug-likeness (QED) is 0.730. The third kappa shape index (κ3) is 4.03. The second kappa shape index (κ2) is 6.85. The molecular formula is C16H14N4S.